The average molecular weight is 462 g/mol. The number of ether oxygens (including phenoxy) is 2. The fourth-order valence-electron chi connectivity index (χ4n) is 4.15. The average Bonchev–Trinajstić information content (AvgIpc) is 2.67. The van der Waals surface area contributed by atoms with Gasteiger partial charge in [0.15, 0.2) is 5.78 Å². The topological polar surface area (TPSA) is 81.7 Å². The van der Waals surface area contributed by atoms with Crippen LogP contribution in [-0.4, -0.2) is 31.4 Å². The SMILES string of the molecule is CCOC(=O)C1=C(C)NC2=C(C(=O)[C@@H](C(=O)OC)[C@H](C)C2)[C@@H]1c1ccc(Br)cc1. The Hall–Kier alpha value is -2.41. The van der Waals surface area contributed by atoms with E-state index in [2.05, 4.69) is 21.2 Å². The lowest BCUT2D eigenvalue weighted by atomic mass is 9.69. The molecule has 2 aliphatic rings. The van der Waals surface area contributed by atoms with Crippen LogP contribution in [0.3, 0.4) is 0 Å². The predicted molar refractivity (Wildman–Crippen MR) is 111 cm³/mol. The number of hydrogen-bond acceptors (Lipinski definition) is 6. The molecule has 1 aliphatic carbocycles. The molecule has 0 aromatic heterocycles. The molecule has 0 fully saturated rings. The third-order valence-electron chi connectivity index (χ3n) is 5.44. The highest BCUT2D eigenvalue weighted by Crippen LogP contribution is 2.45. The number of Topliss-reactive ketones (excluding diaryl/α,β-unsaturated/α-hetero) is 1. The van der Waals surface area contributed by atoms with Gasteiger partial charge in [0.2, 0.25) is 0 Å². The lowest BCUT2D eigenvalue weighted by molar-refractivity contribution is -0.151. The standard InChI is InChI=1S/C22H24BrNO5/c1-5-29-22(27)17-12(3)24-15-10-11(2)16(21(26)28-4)20(25)19(15)18(17)13-6-8-14(23)9-7-13/h6-9,11,16,18,24H,5,10H2,1-4H3/t11-,16+,18-/m1/s1. The number of dihydropyridines is 1. The van der Waals surface area contributed by atoms with Crippen LogP contribution in [0.4, 0.5) is 0 Å². The molecule has 154 valence electrons. The lowest BCUT2D eigenvalue weighted by Crippen LogP contribution is -2.43. The Kier molecular flexibility index (Phi) is 6.27. The molecule has 1 aliphatic heterocycles. The van der Waals surface area contributed by atoms with E-state index in [0.717, 1.165) is 15.7 Å². The minimum absolute atomic E-state index is 0.205. The van der Waals surface area contributed by atoms with Gasteiger partial charge in [0.1, 0.15) is 5.92 Å². The second-order valence-electron chi connectivity index (χ2n) is 7.31. The Morgan fingerprint density at radius 3 is 2.48 bits per heavy atom. The molecule has 0 bridgehead atoms. The Balaban J connectivity index is 2.18. The van der Waals surface area contributed by atoms with E-state index in [9.17, 15) is 14.4 Å². The van der Waals surface area contributed by atoms with Gasteiger partial charge in [-0.05, 0) is 43.9 Å². The lowest BCUT2D eigenvalue weighted by Gasteiger charge is -2.38. The number of benzene rings is 1. The van der Waals surface area contributed by atoms with Crippen molar-refractivity contribution in [3.8, 4) is 0 Å². The minimum atomic E-state index is -0.889. The first-order valence-corrected chi connectivity index (χ1v) is 10.3. The maximum absolute atomic E-state index is 13.5. The van der Waals surface area contributed by atoms with Gasteiger partial charge < -0.3 is 14.8 Å². The number of rotatable bonds is 4. The fourth-order valence-corrected chi connectivity index (χ4v) is 4.41. The van der Waals surface area contributed by atoms with Gasteiger partial charge in [-0.25, -0.2) is 4.79 Å². The van der Waals surface area contributed by atoms with E-state index in [1.54, 1.807) is 6.92 Å². The van der Waals surface area contributed by atoms with Gasteiger partial charge in [-0.2, -0.15) is 0 Å². The molecule has 6 nitrogen and oxygen atoms in total. The van der Waals surface area contributed by atoms with Crippen molar-refractivity contribution >= 4 is 33.7 Å². The first kappa shape index (κ1) is 21.3. The highest BCUT2D eigenvalue weighted by Gasteiger charge is 2.47. The number of hydrogen-bond donors (Lipinski definition) is 1. The van der Waals surface area contributed by atoms with E-state index >= 15 is 0 Å². The zero-order valence-electron chi connectivity index (χ0n) is 16.9. The molecule has 0 amide bonds. The summed E-state index contributed by atoms with van der Waals surface area (Å²) in [5.41, 5.74) is 3.03. The summed E-state index contributed by atoms with van der Waals surface area (Å²) in [5.74, 6) is -3.03. The molecule has 0 saturated carbocycles. The maximum Gasteiger partial charge on any atom is 0.336 e. The fraction of sp³-hybridized carbons (Fsp3) is 0.409. The number of esters is 2. The Labute approximate surface area is 178 Å². The van der Waals surface area contributed by atoms with E-state index in [1.807, 2.05) is 38.1 Å². The van der Waals surface area contributed by atoms with Crippen molar-refractivity contribution in [2.75, 3.05) is 13.7 Å². The molecule has 0 spiro atoms. The molecule has 0 radical (unpaired) electrons. The van der Waals surface area contributed by atoms with Crippen LogP contribution in [0.1, 0.15) is 38.7 Å². The summed E-state index contributed by atoms with van der Waals surface area (Å²) in [7, 11) is 1.28. The van der Waals surface area contributed by atoms with Gasteiger partial charge >= 0.3 is 11.9 Å². The van der Waals surface area contributed by atoms with Crippen molar-refractivity contribution in [1.82, 2.24) is 5.32 Å². The molecule has 1 aromatic rings. The largest absolute Gasteiger partial charge is 0.468 e. The van der Waals surface area contributed by atoms with E-state index < -0.39 is 23.8 Å². The number of carbonyl (C=O) groups is 3. The molecule has 1 N–H and O–H groups in total. The van der Waals surface area contributed by atoms with Gasteiger partial charge in [0.25, 0.3) is 0 Å². The van der Waals surface area contributed by atoms with Crippen LogP contribution in [0.25, 0.3) is 0 Å². The quantitative estimate of drug-likeness (QED) is 0.544. The molecule has 29 heavy (non-hydrogen) atoms. The number of methoxy groups -OCH3 is 1. The number of allylic oxidation sites excluding steroid dienone is 3. The van der Waals surface area contributed by atoms with Crippen molar-refractivity contribution < 1.29 is 23.9 Å². The van der Waals surface area contributed by atoms with Gasteiger partial charge in [-0.3, -0.25) is 9.59 Å². The first-order chi connectivity index (χ1) is 13.8. The van der Waals surface area contributed by atoms with Crippen LogP contribution in [0.5, 0.6) is 0 Å². The second-order valence-corrected chi connectivity index (χ2v) is 8.22. The van der Waals surface area contributed by atoms with E-state index in [-0.39, 0.29) is 18.3 Å². The normalized spacial score (nSPS) is 24.0. The molecule has 0 saturated heterocycles. The first-order valence-electron chi connectivity index (χ1n) is 9.55. The van der Waals surface area contributed by atoms with Crippen molar-refractivity contribution in [3.63, 3.8) is 0 Å². The molecule has 1 heterocycles. The number of ketones is 1. The monoisotopic (exact) mass is 461 g/mol. The number of nitrogens with one attached hydrogen (secondary N) is 1. The molecule has 7 heteroatoms. The Bertz CT molecular complexity index is 916. The summed E-state index contributed by atoms with van der Waals surface area (Å²) in [6.07, 6.45) is 0.515. The van der Waals surface area contributed by atoms with Crippen molar-refractivity contribution in [2.45, 2.75) is 33.1 Å². The van der Waals surface area contributed by atoms with Crippen LogP contribution >= 0.6 is 15.9 Å². The van der Waals surface area contributed by atoms with E-state index in [0.29, 0.717) is 23.3 Å². The van der Waals surface area contributed by atoms with Gasteiger partial charge in [-0.1, -0.05) is 35.0 Å². The molecule has 0 unspecified atom stereocenters. The third kappa shape index (κ3) is 3.88. The summed E-state index contributed by atoms with van der Waals surface area (Å²) in [4.78, 5) is 38.6. The van der Waals surface area contributed by atoms with Crippen LogP contribution in [-0.2, 0) is 23.9 Å². The Morgan fingerprint density at radius 2 is 1.90 bits per heavy atom. The van der Waals surface area contributed by atoms with Crippen LogP contribution in [0, 0.1) is 11.8 Å². The number of halogens is 1. The molecule has 3 rings (SSSR count). The Morgan fingerprint density at radius 1 is 1.24 bits per heavy atom. The molecular formula is C22H24BrNO5. The van der Waals surface area contributed by atoms with Crippen LogP contribution in [0.2, 0.25) is 0 Å². The summed E-state index contributed by atoms with van der Waals surface area (Å²) in [5, 5.41) is 3.23. The summed E-state index contributed by atoms with van der Waals surface area (Å²) >= 11 is 3.42. The minimum Gasteiger partial charge on any atom is -0.468 e. The smallest absolute Gasteiger partial charge is 0.336 e. The third-order valence-corrected chi connectivity index (χ3v) is 5.97. The predicted octanol–water partition coefficient (Wildman–Crippen LogP) is 3.63. The van der Waals surface area contributed by atoms with Gasteiger partial charge in [0, 0.05) is 27.4 Å². The molecular weight excluding hydrogens is 438 g/mol. The zero-order valence-corrected chi connectivity index (χ0v) is 18.5. The highest BCUT2D eigenvalue weighted by molar-refractivity contribution is 9.10. The van der Waals surface area contributed by atoms with Gasteiger partial charge in [-0.15, -0.1) is 0 Å². The number of carbonyl (C=O) groups excluding carboxylic acids is 3. The highest BCUT2D eigenvalue weighted by atomic mass is 79.9. The summed E-state index contributed by atoms with van der Waals surface area (Å²) in [6.45, 7) is 5.64. The summed E-state index contributed by atoms with van der Waals surface area (Å²) < 4.78 is 11.1. The van der Waals surface area contributed by atoms with Crippen LogP contribution < -0.4 is 5.32 Å². The second kappa shape index (κ2) is 8.53. The molecule has 3 atom stereocenters. The van der Waals surface area contributed by atoms with E-state index in [1.165, 1.54) is 7.11 Å². The summed E-state index contributed by atoms with van der Waals surface area (Å²) in [6, 6.07) is 7.47. The van der Waals surface area contributed by atoms with Crippen molar-refractivity contribution in [2.24, 2.45) is 11.8 Å². The van der Waals surface area contributed by atoms with Gasteiger partial charge in [0.05, 0.1) is 19.3 Å². The zero-order chi connectivity index (χ0) is 21.3. The van der Waals surface area contributed by atoms with E-state index in [4.69, 9.17) is 9.47 Å². The van der Waals surface area contributed by atoms with Crippen molar-refractivity contribution in [3.05, 3.63) is 56.8 Å². The molecule has 1 aromatic carbocycles. The van der Waals surface area contributed by atoms with Crippen LogP contribution in [0.15, 0.2) is 51.3 Å². The van der Waals surface area contributed by atoms with Crippen molar-refractivity contribution in [1.29, 1.82) is 0 Å². The maximum atomic E-state index is 13.5.